The Kier molecular flexibility index (Phi) is 7.47. The fourth-order valence-electron chi connectivity index (χ4n) is 1.64. The van der Waals surface area contributed by atoms with Crippen LogP contribution in [-0.4, -0.2) is 34.5 Å². The SMILES string of the molecule is CC(C)OC(CC[SiH3])(OC(C)C)OC(C)C. The van der Waals surface area contributed by atoms with Gasteiger partial charge in [0.1, 0.15) is 0 Å². The largest absolute Gasteiger partial charge is 0.325 e. The first kappa shape index (κ1) is 16.1. The topological polar surface area (TPSA) is 27.7 Å². The normalized spacial score (nSPS) is 13.3. The van der Waals surface area contributed by atoms with Crippen LogP contribution in [0, 0.1) is 0 Å². The van der Waals surface area contributed by atoms with Crippen LogP contribution >= 0.6 is 0 Å². The summed E-state index contributed by atoms with van der Waals surface area (Å²) in [5.41, 5.74) is 0. The van der Waals surface area contributed by atoms with Gasteiger partial charge in [-0.15, -0.1) is 0 Å². The lowest BCUT2D eigenvalue weighted by atomic mass is 10.3. The van der Waals surface area contributed by atoms with Crippen LogP contribution in [0.15, 0.2) is 0 Å². The summed E-state index contributed by atoms with van der Waals surface area (Å²) >= 11 is 0. The lowest BCUT2D eigenvalue weighted by molar-refractivity contribution is -0.410. The highest BCUT2D eigenvalue weighted by Gasteiger charge is 2.35. The molecule has 0 aliphatic carbocycles. The predicted molar refractivity (Wildman–Crippen MR) is 70.8 cm³/mol. The molecule has 98 valence electrons. The van der Waals surface area contributed by atoms with E-state index >= 15 is 0 Å². The first-order valence-electron chi connectivity index (χ1n) is 6.34. The molecule has 0 atom stereocenters. The third-order valence-electron chi connectivity index (χ3n) is 1.80. The third-order valence-corrected chi connectivity index (χ3v) is 2.30. The van der Waals surface area contributed by atoms with E-state index in [-0.39, 0.29) is 18.3 Å². The molecule has 0 saturated carbocycles. The minimum atomic E-state index is -0.849. The van der Waals surface area contributed by atoms with Crippen LogP contribution in [0.2, 0.25) is 6.04 Å². The molecule has 0 aliphatic rings. The minimum Gasteiger partial charge on any atom is -0.325 e. The van der Waals surface area contributed by atoms with Crippen molar-refractivity contribution in [2.24, 2.45) is 0 Å². The molecule has 0 saturated heterocycles. The number of hydrogen-bond acceptors (Lipinski definition) is 3. The van der Waals surface area contributed by atoms with Crippen molar-refractivity contribution in [1.29, 1.82) is 0 Å². The van der Waals surface area contributed by atoms with Gasteiger partial charge in [0, 0.05) is 16.7 Å². The molecule has 0 fully saturated rings. The van der Waals surface area contributed by atoms with Gasteiger partial charge in [-0.2, -0.15) is 0 Å². The third kappa shape index (κ3) is 6.63. The Bertz CT molecular complexity index is 155. The second-order valence-corrected chi connectivity index (χ2v) is 5.93. The molecular formula is C12H28O3Si. The van der Waals surface area contributed by atoms with Crippen LogP contribution in [0.3, 0.4) is 0 Å². The van der Waals surface area contributed by atoms with Crippen LogP contribution in [0.25, 0.3) is 0 Å². The highest BCUT2D eigenvalue weighted by atomic mass is 28.1. The van der Waals surface area contributed by atoms with Crippen molar-refractivity contribution in [3.63, 3.8) is 0 Å². The van der Waals surface area contributed by atoms with Crippen molar-refractivity contribution < 1.29 is 14.2 Å². The molecule has 0 aromatic rings. The van der Waals surface area contributed by atoms with Gasteiger partial charge >= 0.3 is 0 Å². The second-order valence-electron chi connectivity index (χ2n) is 4.93. The summed E-state index contributed by atoms with van der Waals surface area (Å²) < 4.78 is 17.6. The van der Waals surface area contributed by atoms with E-state index in [9.17, 15) is 0 Å². The molecule has 0 spiro atoms. The van der Waals surface area contributed by atoms with Crippen molar-refractivity contribution >= 4 is 10.2 Å². The van der Waals surface area contributed by atoms with Gasteiger partial charge in [-0.1, -0.05) is 6.04 Å². The van der Waals surface area contributed by atoms with Crippen molar-refractivity contribution in [2.75, 3.05) is 0 Å². The van der Waals surface area contributed by atoms with Gasteiger partial charge in [0.05, 0.1) is 18.3 Å². The van der Waals surface area contributed by atoms with E-state index in [2.05, 4.69) is 0 Å². The Morgan fingerprint density at radius 2 is 1.12 bits per heavy atom. The van der Waals surface area contributed by atoms with E-state index in [4.69, 9.17) is 14.2 Å². The summed E-state index contributed by atoms with van der Waals surface area (Å²) in [4.78, 5) is 0. The van der Waals surface area contributed by atoms with Crippen molar-refractivity contribution in [3.05, 3.63) is 0 Å². The molecule has 0 heterocycles. The van der Waals surface area contributed by atoms with Crippen molar-refractivity contribution in [1.82, 2.24) is 0 Å². The predicted octanol–water partition coefficient (Wildman–Crippen LogP) is 2.09. The molecule has 0 radical (unpaired) electrons. The van der Waals surface area contributed by atoms with Gasteiger partial charge in [0.2, 0.25) is 0 Å². The van der Waals surface area contributed by atoms with E-state index in [1.165, 1.54) is 0 Å². The van der Waals surface area contributed by atoms with Crippen LogP contribution < -0.4 is 0 Å². The molecule has 4 heteroatoms. The first-order chi connectivity index (χ1) is 7.31. The standard InChI is InChI=1S/C12H28O3Si/c1-9(2)13-12(7-8-16,14-10(3)4)15-11(5)6/h9-11H,7-8H2,1-6,16H3. The van der Waals surface area contributed by atoms with Gasteiger partial charge < -0.3 is 14.2 Å². The maximum Gasteiger partial charge on any atom is 0.283 e. The lowest BCUT2D eigenvalue weighted by Crippen LogP contribution is -2.44. The lowest BCUT2D eigenvalue weighted by Gasteiger charge is -2.37. The summed E-state index contributed by atoms with van der Waals surface area (Å²) in [5, 5.41) is 0. The fourth-order valence-corrected chi connectivity index (χ4v) is 2.26. The summed E-state index contributed by atoms with van der Waals surface area (Å²) in [6.45, 7) is 12.1. The summed E-state index contributed by atoms with van der Waals surface area (Å²) in [7, 11) is 1.13. The Labute approximate surface area is 103 Å². The average molecular weight is 248 g/mol. The molecule has 16 heavy (non-hydrogen) atoms. The highest BCUT2D eigenvalue weighted by molar-refractivity contribution is 6.08. The molecule has 0 aromatic heterocycles. The zero-order valence-electron chi connectivity index (χ0n) is 11.9. The number of ether oxygens (including phenoxy) is 3. The first-order valence-corrected chi connectivity index (χ1v) is 7.76. The maximum absolute atomic E-state index is 5.88. The van der Waals surface area contributed by atoms with Gasteiger partial charge in [-0.3, -0.25) is 0 Å². The molecular weight excluding hydrogens is 220 g/mol. The Morgan fingerprint density at radius 3 is 1.31 bits per heavy atom. The van der Waals surface area contributed by atoms with E-state index < -0.39 is 5.97 Å². The van der Waals surface area contributed by atoms with E-state index in [1.807, 2.05) is 41.5 Å². The van der Waals surface area contributed by atoms with Crippen LogP contribution in [0.4, 0.5) is 0 Å². The molecule has 0 amide bonds. The molecule has 0 aromatic carbocycles. The van der Waals surface area contributed by atoms with Gasteiger partial charge in [0.15, 0.2) is 0 Å². The Balaban J connectivity index is 4.72. The molecule has 0 N–H and O–H groups in total. The van der Waals surface area contributed by atoms with E-state index in [1.54, 1.807) is 0 Å². The molecule has 0 unspecified atom stereocenters. The molecule has 0 aliphatic heterocycles. The summed E-state index contributed by atoms with van der Waals surface area (Å²) in [6.07, 6.45) is 1.12. The second kappa shape index (κ2) is 7.43. The molecule has 0 bridgehead atoms. The Morgan fingerprint density at radius 1 is 0.812 bits per heavy atom. The Hall–Kier alpha value is 0.0969. The maximum atomic E-state index is 5.88. The summed E-state index contributed by atoms with van der Waals surface area (Å²) in [5.74, 6) is -0.849. The fraction of sp³-hybridized carbons (Fsp3) is 1.00. The highest BCUT2D eigenvalue weighted by Crippen LogP contribution is 2.27. The van der Waals surface area contributed by atoms with Crippen molar-refractivity contribution in [3.8, 4) is 0 Å². The summed E-state index contributed by atoms with van der Waals surface area (Å²) in [6, 6.07) is 1.10. The van der Waals surface area contributed by atoms with Crippen molar-refractivity contribution in [2.45, 2.75) is 78.3 Å². The van der Waals surface area contributed by atoms with Gasteiger partial charge in [-0.25, -0.2) is 0 Å². The molecule has 3 nitrogen and oxygen atoms in total. The van der Waals surface area contributed by atoms with Crippen LogP contribution in [0.1, 0.15) is 48.0 Å². The quantitative estimate of drug-likeness (QED) is 0.486. The van der Waals surface area contributed by atoms with Gasteiger partial charge in [-0.05, 0) is 41.5 Å². The number of hydrogen-bond donors (Lipinski definition) is 0. The number of rotatable bonds is 8. The van der Waals surface area contributed by atoms with Gasteiger partial charge in [0.25, 0.3) is 5.97 Å². The smallest absolute Gasteiger partial charge is 0.283 e. The van der Waals surface area contributed by atoms with Crippen LogP contribution in [0.5, 0.6) is 0 Å². The molecule has 0 rings (SSSR count). The minimum absolute atomic E-state index is 0.103. The zero-order chi connectivity index (χ0) is 12.8. The van der Waals surface area contributed by atoms with Crippen LogP contribution in [-0.2, 0) is 14.2 Å². The average Bonchev–Trinajstić information content (AvgIpc) is 1.98. The van der Waals surface area contributed by atoms with E-state index in [0.717, 1.165) is 22.7 Å². The van der Waals surface area contributed by atoms with E-state index in [0.29, 0.717) is 0 Å². The monoisotopic (exact) mass is 248 g/mol. The zero-order valence-corrected chi connectivity index (χ0v) is 13.9.